The van der Waals surface area contributed by atoms with Crippen LogP contribution in [0, 0.1) is 20.8 Å². The van der Waals surface area contributed by atoms with Crippen LogP contribution in [0.2, 0.25) is 0 Å². The van der Waals surface area contributed by atoms with Gasteiger partial charge in [-0.2, -0.15) is 19.6 Å². The molecule has 3 aromatic heterocycles. The molecule has 0 spiro atoms. The number of anilines is 3. The standard InChI is InChI=1S/C40H53F3N6O2.C34H47N7O3/c1-6-9-11-13-15-19-25-48(26-20-16-14-12-10-7-2)31-23-24-33(29(4)27-31)45-39-37(35(50)8-3)46-38-36(30(5)47-49(38)39)32-21-17-18-22-34(32)44-28-51-40(41,42)43;1-9-12-13-14-15-16-21-44-34(42)31-30(26-22-25(43-8)17-19-28(26)39(6)7)33-36-24(5)32(41(33)38-31)37-27-18-20-29(35-23(27)4)40(10-2)11-3/h17-18,21-24,27-28H,6-16,19-20,25-26H2,1-5H3;17-20,22H,9-16,21H2,1-8H3. The van der Waals surface area contributed by atoms with Crippen LogP contribution in [-0.4, -0.2) is 126 Å². The Kier molecular flexibility index (Phi) is 28.3. The molecule has 3 aromatic carbocycles. The number of ether oxygens (including phenoxy) is 3. The van der Waals surface area contributed by atoms with Gasteiger partial charge >= 0.3 is 12.3 Å². The highest BCUT2D eigenvalue weighted by Crippen LogP contribution is 2.45. The van der Waals surface area contributed by atoms with E-state index in [0.717, 1.165) is 92.3 Å². The quantitative estimate of drug-likeness (QED) is 0.0158. The molecule has 21 heteroatoms. The van der Waals surface area contributed by atoms with Crippen LogP contribution in [0.15, 0.2) is 97.8 Å². The number of halogens is 3. The van der Waals surface area contributed by atoms with Crippen LogP contribution >= 0.6 is 0 Å². The van der Waals surface area contributed by atoms with E-state index in [-0.39, 0.29) is 29.3 Å². The number of rotatable bonds is 36. The van der Waals surface area contributed by atoms with Crippen molar-refractivity contribution in [2.45, 2.75) is 198 Å². The zero-order valence-corrected chi connectivity index (χ0v) is 58.5. The van der Waals surface area contributed by atoms with E-state index < -0.39 is 12.3 Å². The van der Waals surface area contributed by atoms with Crippen molar-refractivity contribution >= 4 is 87.1 Å². The number of Topliss-reactive ketones (excluding diaryl/α,β-unsaturated/α-hetero) is 1. The molecule has 0 N–H and O–H groups in total. The number of fused-ring (bicyclic) bond motifs is 2. The van der Waals surface area contributed by atoms with Gasteiger partial charge in [0, 0.05) is 69.2 Å². The van der Waals surface area contributed by atoms with Crippen LogP contribution < -0.4 is 19.4 Å². The number of unbranched alkanes of at least 4 members (excludes halogenated alkanes) is 15. The van der Waals surface area contributed by atoms with Crippen molar-refractivity contribution in [3.63, 3.8) is 0 Å². The lowest BCUT2D eigenvalue weighted by Crippen LogP contribution is -2.26. The van der Waals surface area contributed by atoms with Gasteiger partial charge < -0.3 is 28.9 Å². The molecular weight excluding hydrogens is 1210 g/mol. The third-order valence-electron chi connectivity index (χ3n) is 17.0. The number of para-hydroxylation sites is 1. The zero-order valence-electron chi connectivity index (χ0n) is 58.5. The van der Waals surface area contributed by atoms with E-state index >= 15 is 0 Å². The number of carbonyl (C=O) groups is 2. The summed E-state index contributed by atoms with van der Waals surface area (Å²) in [7, 11) is 5.55. The third-order valence-corrected chi connectivity index (χ3v) is 17.0. The number of methoxy groups -OCH3 is 1. The van der Waals surface area contributed by atoms with Crippen LogP contribution in [0.3, 0.4) is 0 Å². The van der Waals surface area contributed by atoms with E-state index in [2.05, 4.69) is 66.3 Å². The number of benzene rings is 3. The topological polar surface area (TPSA) is 182 Å². The van der Waals surface area contributed by atoms with Gasteiger partial charge in [0.25, 0.3) is 0 Å². The van der Waals surface area contributed by atoms with Gasteiger partial charge in [-0.15, -0.1) is 13.2 Å². The van der Waals surface area contributed by atoms with E-state index in [4.69, 9.17) is 44.6 Å². The first-order valence-corrected chi connectivity index (χ1v) is 34.4. The Bertz CT molecular complexity index is 3670. The molecule has 0 radical (unpaired) electrons. The largest absolute Gasteiger partial charge is 0.573 e. The van der Waals surface area contributed by atoms with Crippen molar-refractivity contribution in [1.29, 1.82) is 0 Å². The lowest BCUT2D eigenvalue weighted by Gasteiger charge is -2.26. The number of aryl methyl sites for hydroxylation is 3. The van der Waals surface area contributed by atoms with Crippen molar-refractivity contribution in [2.24, 2.45) is 25.0 Å². The average Bonchev–Trinajstić information content (AvgIpc) is 1.60. The number of ketones is 1. The fraction of sp³-hybridized carbons (Fsp3) is 0.514. The third kappa shape index (κ3) is 19.8. The molecule has 2 aliphatic rings. The van der Waals surface area contributed by atoms with E-state index in [1.54, 1.807) is 54.6 Å². The normalized spacial score (nSPS) is 13.4. The molecule has 18 nitrogen and oxygen atoms in total. The summed E-state index contributed by atoms with van der Waals surface area (Å²) in [6.07, 6.45) is 17.4. The van der Waals surface area contributed by atoms with Crippen LogP contribution in [0.1, 0.15) is 198 Å². The summed E-state index contributed by atoms with van der Waals surface area (Å²) >= 11 is 0. The maximum atomic E-state index is 13.6. The first-order valence-electron chi connectivity index (χ1n) is 34.4. The minimum atomic E-state index is -4.85. The van der Waals surface area contributed by atoms with Crippen LogP contribution in [0.5, 0.6) is 5.75 Å². The van der Waals surface area contributed by atoms with Crippen molar-refractivity contribution in [3.8, 4) is 28.0 Å². The summed E-state index contributed by atoms with van der Waals surface area (Å²) in [5, 5.41) is 9.52. The summed E-state index contributed by atoms with van der Waals surface area (Å²) in [5.41, 5.74) is 9.61. The van der Waals surface area contributed by atoms with Gasteiger partial charge in [0.05, 0.1) is 59.0 Å². The Morgan fingerprint density at radius 3 is 1.81 bits per heavy atom. The number of aliphatic imine (C=N–C) groups is 5. The van der Waals surface area contributed by atoms with E-state index in [9.17, 15) is 22.8 Å². The van der Waals surface area contributed by atoms with Crippen molar-refractivity contribution < 1.29 is 37.0 Å². The predicted octanol–water partition coefficient (Wildman–Crippen LogP) is 18.9. The number of carbonyl (C=O) groups excluding carboxylic acids is 2. The number of pyridine rings is 1. The van der Waals surface area contributed by atoms with Crippen molar-refractivity contribution in [2.75, 3.05) is 68.7 Å². The van der Waals surface area contributed by atoms with Crippen molar-refractivity contribution in [3.05, 3.63) is 95.4 Å². The lowest BCUT2D eigenvalue weighted by atomic mass is 10.0. The fourth-order valence-corrected chi connectivity index (χ4v) is 11.7. The molecule has 5 heterocycles. The number of hydrogen-bond acceptors (Lipinski definition) is 16. The smallest absolute Gasteiger partial charge is 0.497 e. The molecule has 0 aliphatic carbocycles. The number of nitrogens with zero attached hydrogens (tertiary/aromatic N) is 13. The summed E-state index contributed by atoms with van der Waals surface area (Å²) in [6.45, 7) is 24.5. The van der Waals surface area contributed by atoms with Gasteiger partial charge in [0.2, 0.25) is 0 Å². The molecule has 6 aromatic rings. The van der Waals surface area contributed by atoms with E-state index in [1.165, 1.54) is 89.2 Å². The summed E-state index contributed by atoms with van der Waals surface area (Å²) in [5.74, 6) is 2.70. The highest BCUT2D eigenvalue weighted by molar-refractivity contribution is 6.69. The maximum absolute atomic E-state index is 13.6. The molecule has 8 rings (SSSR count). The maximum Gasteiger partial charge on any atom is 0.573 e. The Labute approximate surface area is 560 Å². The predicted molar refractivity (Wildman–Crippen MR) is 383 cm³/mol. The van der Waals surface area contributed by atoms with Gasteiger partial charge in [0.15, 0.2) is 46.9 Å². The molecule has 0 bridgehead atoms. The second-order valence-electron chi connectivity index (χ2n) is 24.4. The van der Waals surface area contributed by atoms with Crippen LogP contribution in [-0.2, 0) is 14.3 Å². The second kappa shape index (κ2) is 36.4. The number of esters is 1. The first kappa shape index (κ1) is 73.9. The highest BCUT2D eigenvalue weighted by Gasteiger charge is 2.36. The summed E-state index contributed by atoms with van der Waals surface area (Å²) in [4.78, 5) is 61.8. The molecule has 0 fully saturated rings. The van der Waals surface area contributed by atoms with Crippen LogP contribution in [0.25, 0.3) is 22.3 Å². The van der Waals surface area contributed by atoms with Gasteiger partial charge in [-0.1, -0.05) is 142 Å². The average molecular weight is 1310 g/mol. The second-order valence-corrected chi connectivity index (χ2v) is 24.4. The molecule has 512 valence electrons. The molecule has 0 saturated carbocycles. The summed E-state index contributed by atoms with van der Waals surface area (Å²) < 4.78 is 56.3. The number of aromatic nitrogens is 5. The van der Waals surface area contributed by atoms with E-state index in [1.807, 2.05) is 76.2 Å². The molecule has 0 unspecified atom stereocenters. The fourth-order valence-electron chi connectivity index (χ4n) is 11.7. The molecule has 2 aliphatic heterocycles. The SMILES string of the molecule is CCCCCCCCN(CCCCCCCC)c1ccc(N=C2C(C(=O)CC)=Nc3c(-c4ccccc4N=COC(F)(F)F)c(C)nn32)c(C)c1.CCCCCCCCOC(=O)c1nn2c(c1-c1cc(OC)ccc1N(C)C)N=C(C)C2=Nc1ccc(N(CC)CC)nc1C. The molecule has 0 amide bonds. The number of hydrogen-bond donors (Lipinski definition) is 0. The van der Waals surface area contributed by atoms with Crippen molar-refractivity contribution in [1.82, 2.24) is 24.5 Å². The van der Waals surface area contributed by atoms with Gasteiger partial charge in [-0.3, -0.25) is 4.79 Å². The lowest BCUT2D eigenvalue weighted by molar-refractivity contribution is -0.280. The molecule has 95 heavy (non-hydrogen) atoms. The molecule has 0 saturated heterocycles. The Morgan fingerprint density at radius 1 is 0.611 bits per heavy atom. The highest BCUT2D eigenvalue weighted by atomic mass is 19.4. The minimum Gasteiger partial charge on any atom is -0.497 e. The molecule has 0 atom stereocenters. The van der Waals surface area contributed by atoms with Crippen LogP contribution in [0.4, 0.5) is 59.1 Å². The Morgan fingerprint density at radius 2 is 1.21 bits per heavy atom. The molecular formula is C74H100F3N13O5. The van der Waals surface area contributed by atoms with E-state index in [0.29, 0.717) is 75.8 Å². The zero-order chi connectivity index (χ0) is 68.6. The number of alkyl halides is 3. The first-order chi connectivity index (χ1) is 45.8. The monoisotopic (exact) mass is 1310 g/mol. The van der Waals surface area contributed by atoms with Gasteiger partial charge in [-0.25, -0.2) is 34.7 Å². The summed E-state index contributed by atoms with van der Waals surface area (Å²) in [6, 6.07) is 22.8. The van der Waals surface area contributed by atoms with Gasteiger partial charge in [-0.05, 0) is 121 Å². The minimum absolute atomic E-state index is 0.189. The Hall–Kier alpha value is -8.49. The van der Waals surface area contributed by atoms with Gasteiger partial charge in [0.1, 0.15) is 11.6 Å². The Balaban J connectivity index is 0.000000271.